The Kier molecular flexibility index (Phi) is 3.46. The largest absolute Gasteiger partial charge is 0.486 e. The molecule has 1 heterocycles. The molecule has 0 aliphatic carbocycles. The van der Waals surface area contributed by atoms with Gasteiger partial charge >= 0.3 is 0 Å². The fourth-order valence-electron chi connectivity index (χ4n) is 1.52. The molecular formula is C11H13ClO3. The molecule has 1 aliphatic rings. The number of aliphatic hydroxyl groups excluding tert-OH is 1. The van der Waals surface area contributed by atoms with Gasteiger partial charge in [0.15, 0.2) is 0 Å². The smallest absolute Gasteiger partial charge is 0.138 e. The van der Waals surface area contributed by atoms with Crippen molar-refractivity contribution in [3.63, 3.8) is 0 Å². The number of hydrogen-bond acceptors (Lipinski definition) is 3. The van der Waals surface area contributed by atoms with E-state index in [1.807, 2.05) is 0 Å². The summed E-state index contributed by atoms with van der Waals surface area (Å²) in [5.41, 5.74) is 0.787. The molecule has 1 saturated heterocycles. The Morgan fingerprint density at radius 1 is 1.53 bits per heavy atom. The third kappa shape index (κ3) is 2.62. The summed E-state index contributed by atoms with van der Waals surface area (Å²) in [7, 11) is 0. The zero-order chi connectivity index (χ0) is 10.7. The van der Waals surface area contributed by atoms with Crippen LogP contribution >= 0.6 is 11.6 Å². The molecule has 1 fully saturated rings. The van der Waals surface area contributed by atoms with Crippen molar-refractivity contribution in [2.45, 2.75) is 19.1 Å². The molecule has 0 spiro atoms. The van der Waals surface area contributed by atoms with Crippen molar-refractivity contribution in [1.29, 1.82) is 0 Å². The van der Waals surface area contributed by atoms with Crippen LogP contribution in [0, 0.1) is 0 Å². The molecule has 1 aliphatic heterocycles. The SMILES string of the molecule is OCc1ccc(OC2CCOC2)c(Cl)c1. The van der Waals surface area contributed by atoms with Gasteiger partial charge in [-0.2, -0.15) is 0 Å². The second-order valence-electron chi connectivity index (χ2n) is 3.53. The summed E-state index contributed by atoms with van der Waals surface area (Å²) in [4.78, 5) is 0. The van der Waals surface area contributed by atoms with Gasteiger partial charge in [-0.25, -0.2) is 0 Å². The minimum absolute atomic E-state index is 0.00740. The molecule has 1 N–H and O–H groups in total. The van der Waals surface area contributed by atoms with Crippen LogP contribution in [-0.2, 0) is 11.3 Å². The molecule has 1 aromatic rings. The van der Waals surface area contributed by atoms with E-state index in [4.69, 9.17) is 26.2 Å². The molecule has 0 saturated carbocycles. The Labute approximate surface area is 93.6 Å². The van der Waals surface area contributed by atoms with Crippen LogP contribution < -0.4 is 4.74 Å². The minimum atomic E-state index is -0.00740. The van der Waals surface area contributed by atoms with E-state index in [9.17, 15) is 0 Å². The van der Waals surface area contributed by atoms with Gasteiger partial charge < -0.3 is 14.6 Å². The Morgan fingerprint density at radius 2 is 2.40 bits per heavy atom. The number of halogens is 1. The van der Waals surface area contributed by atoms with E-state index in [2.05, 4.69) is 0 Å². The van der Waals surface area contributed by atoms with Crippen LogP contribution in [0.3, 0.4) is 0 Å². The average molecular weight is 229 g/mol. The van der Waals surface area contributed by atoms with E-state index in [-0.39, 0.29) is 12.7 Å². The maximum Gasteiger partial charge on any atom is 0.138 e. The van der Waals surface area contributed by atoms with Crippen LogP contribution in [0.25, 0.3) is 0 Å². The van der Waals surface area contributed by atoms with Crippen LogP contribution in [0.5, 0.6) is 5.75 Å². The topological polar surface area (TPSA) is 38.7 Å². The first-order valence-corrected chi connectivity index (χ1v) is 5.31. The summed E-state index contributed by atoms with van der Waals surface area (Å²) in [6.07, 6.45) is 1.00. The molecule has 15 heavy (non-hydrogen) atoms. The van der Waals surface area contributed by atoms with E-state index < -0.39 is 0 Å². The number of hydrogen-bond donors (Lipinski definition) is 1. The first kappa shape index (κ1) is 10.7. The molecule has 4 heteroatoms. The molecule has 1 atom stereocenters. The predicted molar refractivity (Wildman–Crippen MR) is 57.2 cm³/mol. The highest BCUT2D eigenvalue weighted by Crippen LogP contribution is 2.27. The maximum atomic E-state index is 8.92. The van der Waals surface area contributed by atoms with Gasteiger partial charge in [-0.05, 0) is 17.7 Å². The quantitative estimate of drug-likeness (QED) is 0.860. The van der Waals surface area contributed by atoms with E-state index in [0.717, 1.165) is 18.6 Å². The van der Waals surface area contributed by atoms with Gasteiger partial charge in [0.05, 0.1) is 24.8 Å². The van der Waals surface area contributed by atoms with Crippen molar-refractivity contribution in [3.8, 4) is 5.75 Å². The molecule has 0 bridgehead atoms. The minimum Gasteiger partial charge on any atom is -0.486 e. The van der Waals surface area contributed by atoms with Gasteiger partial charge in [-0.15, -0.1) is 0 Å². The standard InChI is InChI=1S/C11H13ClO3/c12-10-5-8(6-13)1-2-11(10)15-9-3-4-14-7-9/h1-2,5,9,13H,3-4,6-7H2. The van der Waals surface area contributed by atoms with Gasteiger partial charge in [0, 0.05) is 6.42 Å². The van der Waals surface area contributed by atoms with Crippen molar-refractivity contribution < 1.29 is 14.6 Å². The molecule has 0 amide bonds. The fraction of sp³-hybridized carbons (Fsp3) is 0.455. The van der Waals surface area contributed by atoms with Gasteiger partial charge in [-0.1, -0.05) is 17.7 Å². The molecule has 0 radical (unpaired) electrons. The van der Waals surface area contributed by atoms with Gasteiger partial charge in [0.2, 0.25) is 0 Å². The van der Waals surface area contributed by atoms with E-state index in [0.29, 0.717) is 17.4 Å². The normalized spacial score (nSPS) is 20.5. The molecular weight excluding hydrogens is 216 g/mol. The molecule has 82 valence electrons. The second-order valence-corrected chi connectivity index (χ2v) is 3.93. The molecule has 3 nitrogen and oxygen atoms in total. The van der Waals surface area contributed by atoms with Crippen LogP contribution in [0.4, 0.5) is 0 Å². The first-order chi connectivity index (χ1) is 7.29. The number of ether oxygens (including phenoxy) is 2. The van der Waals surface area contributed by atoms with Gasteiger partial charge in [0.25, 0.3) is 0 Å². The Balaban J connectivity index is 2.07. The molecule has 1 aromatic carbocycles. The lowest BCUT2D eigenvalue weighted by Gasteiger charge is -2.13. The van der Waals surface area contributed by atoms with Crippen molar-refractivity contribution in [1.82, 2.24) is 0 Å². The first-order valence-electron chi connectivity index (χ1n) is 4.93. The lowest BCUT2D eigenvalue weighted by atomic mass is 10.2. The number of aliphatic hydroxyl groups is 1. The fourth-order valence-corrected chi connectivity index (χ4v) is 1.77. The van der Waals surface area contributed by atoms with Crippen molar-refractivity contribution in [3.05, 3.63) is 28.8 Å². The number of rotatable bonds is 3. The van der Waals surface area contributed by atoms with Crippen LogP contribution in [0.15, 0.2) is 18.2 Å². The Morgan fingerprint density at radius 3 is 3.00 bits per heavy atom. The predicted octanol–water partition coefficient (Wildman–Crippen LogP) is 2.00. The van der Waals surface area contributed by atoms with E-state index in [1.165, 1.54) is 0 Å². The van der Waals surface area contributed by atoms with E-state index in [1.54, 1.807) is 18.2 Å². The Hall–Kier alpha value is -0.770. The lowest BCUT2D eigenvalue weighted by molar-refractivity contribution is 0.141. The second kappa shape index (κ2) is 4.84. The average Bonchev–Trinajstić information content (AvgIpc) is 2.74. The van der Waals surface area contributed by atoms with Crippen molar-refractivity contribution in [2.24, 2.45) is 0 Å². The maximum absolute atomic E-state index is 8.92. The summed E-state index contributed by atoms with van der Waals surface area (Å²) >= 11 is 6.01. The molecule has 1 unspecified atom stereocenters. The zero-order valence-corrected chi connectivity index (χ0v) is 9.04. The highest BCUT2D eigenvalue weighted by Gasteiger charge is 2.18. The third-order valence-electron chi connectivity index (χ3n) is 2.36. The van der Waals surface area contributed by atoms with Crippen LogP contribution in [0.1, 0.15) is 12.0 Å². The summed E-state index contributed by atoms with van der Waals surface area (Å²) in [5.74, 6) is 0.657. The molecule has 0 aromatic heterocycles. The summed E-state index contributed by atoms with van der Waals surface area (Å²) < 4.78 is 10.9. The van der Waals surface area contributed by atoms with Gasteiger partial charge in [-0.3, -0.25) is 0 Å². The third-order valence-corrected chi connectivity index (χ3v) is 2.66. The van der Waals surface area contributed by atoms with Gasteiger partial charge in [0.1, 0.15) is 11.9 Å². The molecule has 2 rings (SSSR count). The highest BCUT2D eigenvalue weighted by atomic mass is 35.5. The summed E-state index contributed by atoms with van der Waals surface area (Å²) in [6, 6.07) is 5.30. The van der Waals surface area contributed by atoms with Crippen molar-refractivity contribution in [2.75, 3.05) is 13.2 Å². The van der Waals surface area contributed by atoms with E-state index >= 15 is 0 Å². The number of benzene rings is 1. The van der Waals surface area contributed by atoms with Crippen LogP contribution in [-0.4, -0.2) is 24.4 Å². The van der Waals surface area contributed by atoms with Crippen molar-refractivity contribution >= 4 is 11.6 Å². The zero-order valence-electron chi connectivity index (χ0n) is 8.28. The van der Waals surface area contributed by atoms with Crippen LogP contribution in [0.2, 0.25) is 5.02 Å². The summed E-state index contributed by atoms with van der Waals surface area (Å²) in [5, 5.41) is 9.45. The highest BCUT2D eigenvalue weighted by molar-refractivity contribution is 6.32. The monoisotopic (exact) mass is 228 g/mol. The Bertz CT molecular complexity index is 335. The summed E-state index contributed by atoms with van der Waals surface area (Å²) in [6.45, 7) is 1.36. The lowest BCUT2D eigenvalue weighted by Crippen LogP contribution is -2.15.